The number of nitrogens with two attached hydrogens (primary N) is 1. The fourth-order valence-electron chi connectivity index (χ4n) is 1.07. The zero-order valence-electron chi connectivity index (χ0n) is 7.79. The van der Waals surface area contributed by atoms with Gasteiger partial charge in [0.05, 0.1) is 11.8 Å². The molecule has 66 valence electrons. The van der Waals surface area contributed by atoms with Crippen molar-refractivity contribution in [3.05, 3.63) is 23.8 Å². The number of benzene rings is 1. The molecule has 2 heteroatoms. The molecular formula is C10H15NO. The summed E-state index contributed by atoms with van der Waals surface area (Å²) in [6.45, 7) is 5.98. The van der Waals surface area contributed by atoms with Crippen molar-refractivity contribution in [2.45, 2.75) is 26.9 Å². The molecule has 0 saturated carbocycles. The SMILES string of the molecule is Cc1cccc(N)c1OC(C)C. The first kappa shape index (κ1) is 8.91. The molecule has 2 N–H and O–H groups in total. The maximum absolute atomic E-state index is 5.74. The third-order valence-corrected chi connectivity index (χ3v) is 1.60. The van der Waals surface area contributed by atoms with E-state index in [1.165, 1.54) is 0 Å². The molecule has 0 spiro atoms. The average Bonchev–Trinajstić information content (AvgIpc) is 1.97. The second-order valence-corrected chi connectivity index (χ2v) is 3.16. The van der Waals surface area contributed by atoms with Crippen molar-refractivity contribution in [1.29, 1.82) is 0 Å². The molecule has 0 saturated heterocycles. The molecule has 1 aromatic rings. The molecule has 0 aliphatic heterocycles. The van der Waals surface area contributed by atoms with Gasteiger partial charge >= 0.3 is 0 Å². The predicted molar refractivity (Wildman–Crippen MR) is 51.4 cm³/mol. The highest BCUT2D eigenvalue weighted by atomic mass is 16.5. The lowest BCUT2D eigenvalue weighted by molar-refractivity contribution is 0.242. The third-order valence-electron chi connectivity index (χ3n) is 1.60. The van der Waals surface area contributed by atoms with E-state index >= 15 is 0 Å². The highest BCUT2D eigenvalue weighted by molar-refractivity contribution is 5.56. The van der Waals surface area contributed by atoms with E-state index in [1.54, 1.807) is 0 Å². The molecule has 2 nitrogen and oxygen atoms in total. The first-order chi connectivity index (χ1) is 5.61. The van der Waals surface area contributed by atoms with Crippen LogP contribution in [0.5, 0.6) is 5.75 Å². The summed E-state index contributed by atoms with van der Waals surface area (Å²) in [6.07, 6.45) is 0.174. The molecule has 0 aromatic heterocycles. The first-order valence-electron chi connectivity index (χ1n) is 4.13. The van der Waals surface area contributed by atoms with Crippen molar-refractivity contribution in [3.63, 3.8) is 0 Å². The van der Waals surface area contributed by atoms with Gasteiger partial charge in [-0.15, -0.1) is 0 Å². The van der Waals surface area contributed by atoms with Crippen LogP contribution in [-0.4, -0.2) is 6.10 Å². The van der Waals surface area contributed by atoms with Crippen molar-refractivity contribution < 1.29 is 4.74 Å². The number of para-hydroxylation sites is 1. The number of aryl methyl sites for hydroxylation is 1. The fraction of sp³-hybridized carbons (Fsp3) is 0.400. The molecule has 1 rings (SSSR count). The molecule has 0 heterocycles. The van der Waals surface area contributed by atoms with Gasteiger partial charge in [0, 0.05) is 0 Å². The minimum Gasteiger partial charge on any atom is -0.489 e. The van der Waals surface area contributed by atoms with Crippen LogP contribution in [0.2, 0.25) is 0 Å². The largest absolute Gasteiger partial charge is 0.489 e. The second kappa shape index (κ2) is 3.48. The average molecular weight is 165 g/mol. The summed E-state index contributed by atoms with van der Waals surface area (Å²) in [7, 11) is 0. The van der Waals surface area contributed by atoms with Crippen LogP contribution in [0.3, 0.4) is 0 Å². The normalized spacial score (nSPS) is 10.3. The Kier molecular flexibility index (Phi) is 2.58. The predicted octanol–water partition coefficient (Wildman–Crippen LogP) is 2.36. The number of nitrogen functional groups attached to an aromatic ring is 1. The Hall–Kier alpha value is -1.18. The van der Waals surface area contributed by atoms with Crippen LogP contribution in [0.15, 0.2) is 18.2 Å². The highest BCUT2D eigenvalue weighted by Crippen LogP contribution is 2.26. The van der Waals surface area contributed by atoms with Crippen LogP contribution >= 0.6 is 0 Å². The Morgan fingerprint density at radius 1 is 1.33 bits per heavy atom. The summed E-state index contributed by atoms with van der Waals surface area (Å²) in [5.41, 5.74) is 7.54. The van der Waals surface area contributed by atoms with Crippen molar-refractivity contribution >= 4 is 5.69 Å². The topological polar surface area (TPSA) is 35.2 Å². The van der Waals surface area contributed by atoms with E-state index in [2.05, 4.69) is 0 Å². The van der Waals surface area contributed by atoms with Gasteiger partial charge < -0.3 is 10.5 Å². The molecule has 12 heavy (non-hydrogen) atoms. The summed E-state index contributed by atoms with van der Waals surface area (Å²) >= 11 is 0. The molecule has 0 amide bonds. The quantitative estimate of drug-likeness (QED) is 0.683. The van der Waals surface area contributed by atoms with Crippen molar-refractivity contribution in [1.82, 2.24) is 0 Å². The molecule has 0 aliphatic carbocycles. The Morgan fingerprint density at radius 2 is 2.00 bits per heavy atom. The van der Waals surface area contributed by atoms with Crippen LogP contribution in [0, 0.1) is 6.92 Å². The van der Waals surface area contributed by atoms with Crippen molar-refractivity contribution in [2.75, 3.05) is 5.73 Å². The molecule has 0 radical (unpaired) electrons. The lowest BCUT2D eigenvalue weighted by atomic mass is 10.2. The van der Waals surface area contributed by atoms with E-state index in [0.29, 0.717) is 5.69 Å². The number of rotatable bonds is 2. The fourth-order valence-corrected chi connectivity index (χ4v) is 1.07. The van der Waals surface area contributed by atoms with Crippen molar-refractivity contribution in [3.8, 4) is 5.75 Å². The van der Waals surface area contributed by atoms with Gasteiger partial charge in [-0.2, -0.15) is 0 Å². The summed E-state index contributed by atoms with van der Waals surface area (Å²) < 4.78 is 5.55. The van der Waals surface area contributed by atoms with Crippen LogP contribution < -0.4 is 10.5 Å². The summed E-state index contributed by atoms with van der Waals surface area (Å²) in [6, 6.07) is 5.77. The first-order valence-corrected chi connectivity index (χ1v) is 4.13. The van der Waals surface area contributed by atoms with Gasteiger partial charge in [0.1, 0.15) is 5.75 Å². The van der Waals surface area contributed by atoms with Gasteiger partial charge in [-0.25, -0.2) is 0 Å². The summed E-state index contributed by atoms with van der Waals surface area (Å²) in [4.78, 5) is 0. The Balaban J connectivity index is 2.96. The Bertz CT molecular complexity index is 248. The Labute approximate surface area is 73.3 Å². The van der Waals surface area contributed by atoms with Gasteiger partial charge in [0.2, 0.25) is 0 Å². The lowest BCUT2D eigenvalue weighted by Gasteiger charge is -2.13. The molecule has 0 fully saturated rings. The van der Waals surface area contributed by atoms with Crippen molar-refractivity contribution in [2.24, 2.45) is 0 Å². The van der Waals surface area contributed by atoms with Crippen LogP contribution in [-0.2, 0) is 0 Å². The monoisotopic (exact) mass is 165 g/mol. The molecule has 0 unspecified atom stereocenters. The summed E-state index contributed by atoms with van der Waals surface area (Å²) in [5, 5.41) is 0. The smallest absolute Gasteiger partial charge is 0.145 e. The van der Waals surface area contributed by atoms with Gasteiger partial charge in [-0.1, -0.05) is 12.1 Å². The second-order valence-electron chi connectivity index (χ2n) is 3.16. The van der Waals surface area contributed by atoms with Crippen LogP contribution in [0.25, 0.3) is 0 Å². The molecule has 1 aromatic carbocycles. The zero-order valence-corrected chi connectivity index (χ0v) is 7.79. The minimum absolute atomic E-state index is 0.174. The van der Waals surface area contributed by atoms with Gasteiger partial charge in [-0.05, 0) is 32.4 Å². The third kappa shape index (κ3) is 1.91. The van der Waals surface area contributed by atoms with Crippen LogP contribution in [0.4, 0.5) is 5.69 Å². The standard InChI is InChI=1S/C10H15NO/c1-7(2)12-10-8(3)5-4-6-9(10)11/h4-7H,11H2,1-3H3. The van der Waals surface area contributed by atoms with Crippen LogP contribution in [0.1, 0.15) is 19.4 Å². The number of ether oxygens (including phenoxy) is 1. The summed E-state index contributed by atoms with van der Waals surface area (Å²) in [5.74, 6) is 0.813. The Morgan fingerprint density at radius 3 is 2.50 bits per heavy atom. The van der Waals surface area contributed by atoms with E-state index in [-0.39, 0.29) is 6.10 Å². The minimum atomic E-state index is 0.174. The molecule has 0 bridgehead atoms. The van der Waals surface area contributed by atoms with E-state index in [0.717, 1.165) is 11.3 Å². The number of hydrogen-bond donors (Lipinski definition) is 1. The molecular weight excluding hydrogens is 150 g/mol. The molecule has 0 aliphatic rings. The number of anilines is 1. The zero-order chi connectivity index (χ0) is 9.14. The van der Waals surface area contributed by atoms with Gasteiger partial charge in [-0.3, -0.25) is 0 Å². The van der Waals surface area contributed by atoms with E-state index in [4.69, 9.17) is 10.5 Å². The maximum atomic E-state index is 5.74. The van der Waals surface area contributed by atoms with Gasteiger partial charge in [0.15, 0.2) is 0 Å². The van der Waals surface area contributed by atoms with Gasteiger partial charge in [0.25, 0.3) is 0 Å². The highest BCUT2D eigenvalue weighted by Gasteiger charge is 2.04. The molecule has 0 atom stereocenters. The number of hydrogen-bond acceptors (Lipinski definition) is 2. The van der Waals surface area contributed by atoms with E-state index in [9.17, 15) is 0 Å². The van der Waals surface area contributed by atoms with E-state index < -0.39 is 0 Å². The maximum Gasteiger partial charge on any atom is 0.145 e. The lowest BCUT2D eigenvalue weighted by Crippen LogP contribution is -2.08. The van der Waals surface area contributed by atoms with E-state index in [1.807, 2.05) is 39.0 Å².